The van der Waals surface area contributed by atoms with Crippen LogP contribution in [0.4, 0.5) is 0 Å². The van der Waals surface area contributed by atoms with Gasteiger partial charge >= 0.3 is 0 Å². The molecule has 0 radical (unpaired) electrons. The lowest BCUT2D eigenvalue weighted by Gasteiger charge is -2.23. The van der Waals surface area contributed by atoms with E-state index in [9.17, 15) is 20.1 Å². The Hall–Kier alpha value is -0.910. The molecule has 0 aliphatic heterocycles. The lowest BCUT2D eigenvalue weighted by atomic mass is 10.0. The number of aliphatic hydroxyl groups excluding tert-OH is 3. The predicted molar refractivity (Wildman–Crippen MR) is 218 cm³/mol. The fraction of sp³-hybridized carbons (Fsp3) is 0.933. The first kappa shape index (κ1) is 49.1. The van der Waals surface area contributed by atoms with Crippen molar-refractivity contribution in [1.82, 2.24) is 5.32 Å². The van der Waals surface area contributed by atoms with E-state index >= 15 is 0 Å². The molecular formula is C45H89NO4. The molecular weight excluding hydrogens is 618 g/mol. The second kappa shape index (κ2) is 40.9. The lowest BCUT2D eigenvalue weighted by Crippen LogP contribution is -2.49. The molecule has 3 atom stereocenters. The van der Waals surface area contributed by atoms with E-state index in [1.165, 1.54) is 186 Å². The highest BCUT2D eigenvalue weighted by atomic mass is 16.3. The van der Waals surface area contributed by atoms with Crippen LogP contribution in [0.1, 0.15) is 245 Å². The Kier molecular flexibility index (Phi) is 40.1. The number of hydrogen-bond acceptors (Lipinski definition) is 4. The Balaban J connectivity index is 3.61. The molecule has 0 aliphatic rings. The van der Waals surface area contributed by atoms with Crippen molar-refractivity contribution < 1.29 is 20.1 Å². The van der Waals surface area contributed by atoms with Gasteiger partial charge in [0.05, 0.1) is 18.8 Å². The van der Waals surface area contributed by atoms with Crippen LogP contribution in [0.25, 0.3) is 0 Å². The quantitative estimate of drug-likeness (QED) is 0.0376. The summed E-state index contributed by atoms with van der Waals surface area (Å²) < 4.78 is 0. The molecule has 0 saturated heterocycles. The van der Waals surface area contributed by atoms with Crippen LogP contribution in [-0.4, -0.2) is 46.1 Å². The molecule has 4 N–H and O–H groups in total. The van der Waals surface area contributed by atoms with Crippen LogP contribution in [0.15, 0.2) is 12.2 Å². The molecule has 0 spiro atoms. The molecule has 0 aromatic carbocycles. The average molecular weight is 708 g/mol. The van der Waals surface area contributed by atoms with Crippen LogP contribution in [0.3, 0.4) is 0 Å². The van der Waals surface area contributed by atoms with Gasteiger partial charge in [-0.2, -0.15) is 0 Å². The molecule has 5 heteroatoms. The number of rotatable bonds is 41. The second-order valence-corrected chi connectivity index (χ2v) is 15.6. The smallest absolute Gasteiger partial charge is 0.249 e. The maximum absolute atomic E-state index is 12.5. The van der Waals surface area contributed by atoms with Crippen LogP contribution in [0.5, 0.6) is 0 Å². The number of unbranched alkanes of at least 4 members (excludes halogenated alkanes) is 31. The average Bonchev–Trinajstić information content (AvgIpc) is 3.12. The van der Waals surface area contributed by atoms with Gasteiger partial charge in [0.25, 0.3) is 0 Å². The third-order valence-corrected chi connectivity index (χ3v) is 10.6. The number of allylic oxidation sites excluding steroid dienone is 2. The summed E-state index contributed by atoms with van der Waals surface area (Å²) in [6.07, 6.45) is 47.8. The summed E-state index contributed by atoms with van der Waals surface area (Å²) in [4.78, 5) is 12.5. The molecule has 1 amide bonds. The van der Waals surface area contributed by atoms with Crippen LogP contribution in [0, 0.1) is 0 Å². The van der Waals surface area contributed by atoms with Gasteiger partial charge in [-0.05, 0) is 38.5 Å². The standard InChI is InChI=1S/C45H89NO4/c1-3-5-7-9-11-13-15-17-19-21-23-25-27-29-31-33-35-37-39-43(48)42(41-47)46-45(50)44(49)40-38-36-34-32-30-28-26-24-22-20-18-16-14-12-10-8-6-4-2/h22,24,42-44,47-49H,3-21,23,25-41H2,1-2H3,(H,46,50)/b24-22-. The number of carbonyl (C=O) groups is 1. The van der Waals surface area contributed by atoms with Crippen molar-refractivity contribution in [3.05, 3.63) is 12.2 Å². The summed E-state index contributed by atoms with van der Waals surface area (Å²) in [5, 5.41) is 33.3. The number of amides is 1. The first-order valence-electron chi connectivity index (χ1n) is 22.5. The van der Waals surface area contributed by atoms with Gasteiger partial charge in [0, 0.05) is 0 Å². The van der Waals surface area contributed by atoms with Gasteiger partial charge < -0.3 is 20.6 Å². The van der Waals surface area contributed by atoms with E-state index in [0.29, 0.717) is 12.8 Å². The first-order chi connectivity index (χ1) is 24.6. The number of carbonyl (C=O) groups excluding carboxylic acids is 1. The van der Waals surface area contributed by atoms with Gasteiger partial charge in [0.15, 0.2) is 0 Å². The largest absolute Gasteiger partial charge is 0.394 e. The fourth-order valence-electron chi connectivity index (χ4n) is 7.07. The number of nitrogens with one attached hydrogen (secondary N) is 1. The van der Waals surface area contributed by atoms with Crippen molar-refractivity contribution in [3.8, 4) is 0 Å². The molecule has 0 aliphatic carbocycles. The van der Waals surface area contributed by atoms with Crippen molar-refractivity contribution in [2.75, 3.05) is 6.61 Å². The molecule has 0 rings (SSSR count). The first-order valence-corrected chi connectivity index (χ1v) is 22.5. The summed E-state index contributed by atoms with van der Waals surface area (Å²) in [7, 11) is 0. The van der Waals surface area contributed by atoms with Gasteiger partial charge in [0.2, 0.25) is 5.91 Å². The Morgan fingerprint density at radius 3 is 1.10 bits per heavy atom. The fourth-order valence-corrected chi connectivity index (χ4v) is 7.07. The Bertz CT molecular complexity index is 699. The van der Waals surface area contributed by atoms with Gasteiger partial charge in [-0.3, -0.25) is 4.79 Å². The summed E-state index contributed by atoms with van der Waals surface area (Å²) in [5.41, 5.74) is 0. The minimum atomic E-state index is -1.08. The van der Waals surface area contributed by atoms with Gasteiger partial charge in [-0.15, -0.1) is 0 Å². The maximum Gasteiger partial charge on any atom is 0.249 e. The van der Waals surface area contributed by atoms with Crippen molar-refractivity contribution in [3.63, 3.8) is 0 Å². The van der Waals surface area contributed by atoms with Crippen LogP contribution < -0.4 is 5.32 Å². The van der Waals surface area contributed by atoms with E-state index in [4.69, 9.17) is 0 Å². The highest BCUT2D eigenvalue weighted by Gasteiger charge is 2.23. The Labute approximate surface area is 312 Å². The van der Waals surface area contributed by atoms with Crippen molar-refractivity contribution in [1.29, 1.82) is 0 Å². The van der Waals surface area contributed by atoms with E-state index in [1.54, 1.807) is 0 Å². The summed E-state index contributed by atoms with van der Waals surface area (Å²) in [6, 6.07) is -0.711. The topological polar surface area (TPSA) is 89.8 Å². The van der Waals surface area contributed by atoms with E-state index < -0.39 is 24.2 Å². The van der Waals surface area contributed by atoms with Crippen LogP contribution in [0.2, 0.25) is 0 Å². The molecule has 50 heavy (non-hydrogen) atoms. The highest BCUT2D eigenvalue weighted by molar-refractivity contribution is 5.80. The zero-order valence-electron chi connectivity index (χ0n) is 33.8. The van der Waals surface area contributed by atoms with Gasteiger partial charge in [-0.25, -0.2) is 0 Å². The predicted octanol–water partition coefficient (Wildman–Crippen LogP) is 12.8. The van der Waals surface area contributed by atoms with E-state index in [-0.39, 0.29) is 6.61 Å². The van der Waals surface area contributed by atoms with Crippen molar-refractivity contribution in [2.45, 2.75) is 263 Å². The highest BCUT2D eigenvalue weighted by Crippen LogP contribution is 2.16. The number of hydrogen-bond donors (Lipinski definition) is 4. The maximum atomic E-state index is 12.5. The van der Waals surface area contributed by atoms with Gasteiger partial charge in [-0.1, -0.05) is 219 Å². The Morgan fingerprint density at radius 1 is 0.460 bits per heavy atom. The van der Waals surface area contributed by atoms with E-state index in [1.807, 2.05) is 0 Å². The molecule has 0 fully saturated rings. The van der Waals surface area contributed by atoms with Gasteiger partial charge in [0.1, 0.15) is 6.10 Å². The third kappa shape index (κ3) is 35.5. The molecule has 0 aromatic rings. The van der Waals surface area contributed by atoms with E-state index in [0.717, 1.165) is 32.1 Å². The SMILES string of the molecule is CCCCCCCCCC/C=C\CCCCCCCCC(O)C(=O)NC(CO)C(O)CCCCCCCCCCCCCCCCCCCC. The molecule has 298 valence electrons. The normalized spacial score (nSPS) is 13.6. The Morgan fingerprint density at radius 2 is 0.760 bits per heavy atom. The molecule has 0 aromatic heterocycles. The summed E-state index contributed by atoms with van der Waals surface area (Å²) >= 11 is 0. The van der Waals surface area contributed by atoms with Crippen LogP contribution in [-0.2, 0) is 4.79 Å². The molecule has 0 saturated carbocycles. The molecule has 0 bridgehead atoms. The minimum absolute atomic E-state index is 0.312. The van der Waals surface area contributed by atoms with Crippen molar-refractivity contribution in [2.24, 2.45) is 0 Å². The zero-order chi connectivity index (χ0) is 36.6. The van der Waals surface area contributed by atoms with E-state index in [2.05, 4.69) is 31.3 Å². The van der Waals surface area contributed by atoms with Crippen molar-refractivity contribution >= 4 is 5.91 Å². The lowest BCUT2D eigenvalue weighted by molar-refractivity contribution is -0.131. The monoisotopic (exact) mass is 708 g/mol. The minimum Gasteiger partial charge on any atom is -0.394 e. The molecule has 0 heterocycles. The zero-order valence-corrected chi connectivity index (χ0v) is 33.8. The summed E-state index contributed by atoms with van der Waals surface area (Å²) in [5.74, 6) is -0.473. The number of aliphatic hydroxyl groups is 3. The second-order valence-electron chi connectivity index (χ2n) is 15.6. The third-order valence-electron chi connectivity index (χ3n) is 10.6. The summed E-state index contributed by atoms with van der Waals surface area (Å²) in [6.45, 7) is 4.24. The molecule has 5 nitrogen and oxygen atoms in total. The molecule has 3 unspecified atom stereocenters. The van der Waals surface area contributed by atoms with Crippen LogP contribution >= 0.6 is 0 Å².